The van der Waals surface area contributed by atoms with Crippen LogP contribution in [0.25, 0.3) is 93.6 Å². The van der Waals surface area contributed by atoms with Gasteiger partial charge in [-0.1, -0.05) is 129 Å². The second-order valence-electron chi connectivity index (χ2n) is 14.7. The third kappa shape index (κ3) is 4.99. The van der Waals surface area contributed by atoms with Gasteiger partial charge in [-0.3, -0.25) is 0 Å². The molecule has 11 rings (SSSR count). The fraction of sp³-hybridized carbons (Fsp3) is 0.0612. The van der Waals surface area contributed by atoms with E-state index in [9.17, 15) is 0 Å². The highest BCUT2D eigenvalue weighted by atomic mass is 32.1. The van der Waals surface area contributed by atoms with Crippen molar-refractivity contribution >= 4 is 43.4 Å². The molecule has 0 amide bonds. The average Bonchev–Trinajstić information content (AvgIpc) is 3.89. The van der Waals surface area contributed by atoms with E-state index in [1.54, 1.807) is 11.3 Å². The largest absolute Gasteiger partial charge is 0.308 e. The fourth-order valence-corrected chi connectivity index (χ4v) is 9.35. The SMILES string of the molecule is CC1(C)c2ccccc2-c2cc3c(cc21)c1ccccc1n3-c1ccc(-c2nc3ccccc3s2)cc1-c1nc(-c2ccccc2)nc(-c2ccccc2)n1. The van der Waals surface area contributed by atoms with Gasteiger partial charge < -0.3 is 4.57 Å². The maximum absolute atomic E-state index is 5.26. The molecular formula is C49H33N5S. The molecule has 0 saturated carbocycles. The molecule has 5 nitrogen and oxygen atoms in total. The van der Waals surface area contributed by atoms with E-state index in [2.05, 4.69) is 140 Å². The van der Waals surface area contributed by atoms with Gasteiger partial charge in [-0.15, -0.1) is 11.3 Å². The Morgan fingerprint density at radius 1 is 0.455 bits per heavy atom. The lowest BCUT2D eigenvalue weighted by Gasteiger charge is -2.21. The van der Waals surface area contributed by atoms with Crippen LogP contribution >= 0.6 is 11.3 Å². The summed E-state index contributed by atoms with van der Waals surface area (Å²) >= 11 is 1.70. The van der Waals surface area contributed by atoms with E-state index in [-0.39, 0.29) is 5.41 Å². The zero-order valence-electron chi connectivity index (χ0n) is 30.2. The molecule has 3 aromatic heterocycles. The summed E-state index contributed by atoms with van der Waals surface area (Å²) in [4.78, 5) is 20.6. The molecule has 7 aromatic carbocycles. The summed E-state index contributed by atoms with van der Waals surface area (Å²) in [5, 5.41) is 3.38. The van der Waals surface area contributed by atoms with Crippen molar-refractivity contribution < 1.29 is 0 Å². The minimum Gasteiger partial charge on any atom is -0.308 e. The van der Waals surface area contributed by atoms with Crippen molar-refractivity contribution in [2.75, 3.05) is 0 Å². The van der Waals surface area contributed by atoms with Crippen LogP contribution in [-0.4, -0.2) is 24.5 Å². The van der Waals surface area contributed by atoms with Gasteiger partial charge in [-0.2, -0.15) is 0 Å². The first-order chi connectivity index (χ1) is 27.0. The molecule has 0 fully saturated rings. The summed E-state index contributed by atoms with van der Waals surface area (Å²) in [6.45, 7) is 4.69. The van der Waals surface area contributed by atoms with Crippen LogP contribution in [0.5, 0.6) is 0 Å². The number of thiazole rings is 1. The van der Waals surface area contributed by atoms with Crippen LogP contribution in [0.15, 0.2) is 164 Å². The predicted molar refractivity (Wildman–Crippen MR) is 227 cm³/mol. The van der Waals surface area contributed by atoms with E-state index >= 15 is 0 Å². The number of hydrogen-bond acceptors (Lipinski definition) is 5. The molecule has 260 valence electrons. The highest BCUT2D eigenvalue weighted by Crippen LogP contribution is 2.51. The maximum atomic E-state index is 5.26. The Bertz CT molecular complexity index is 3030. The van der Waals surface area contributed by atoms with Crippen molar-refractivity contribution in [1.29, 1.82) is 0 Å². The van der Waals surface area contributed by atoms with Gasteiger partial charge in [-0.05, 0) is 70.8 Å². The molecule has 0 spiro atoms. The van der Waals surface area contributed by atoms with Crippen LogP contribution in [0.4, 0.5) is 0 Å². The third-order valence-electron chi connectivity index (χ3n) is 11.1. The van der Waals surface area contributed by atoms with Crippen molar-refractivity contribution in [1.82, 2.24) is 24.5 Å². The molecule has 0 atom stereocenters. The molecule has 0 bridgehead atoms. The Hall–Kier alpha value is -6.76. The molecule has 10 aromatic rings. The first kappa shape index (κ1) is 31.7. The number of hydrogen-bond donors (Lipinski definition) is 0. The molecule has 1 aliphatic carbocycles. The molecule has 3 heterocycles. The lowest BCUT2D eigenvalue weighted by atomic mass is 9.82. The van der Waals surface area contributed by atoms with Crippen LogP contribution in [0.2, 0.25) is 0 Å². The van der Waals surface area contributed by atoms with Crippen LogP contribution in [0.3, 0.4) is 0 Å². The molecule has 55 heavy (non-hydrogen) atoms. The van der Waals surface area contributed by atoms with Gasteiger partial charge in [0.05, 0.1) is 26.9 Å². The third-order valence-corrected chi connectivity index (χ3v) is 12.2. The summed E-state index contributed by atoms with van der Waals surface area (Å²) in [6, 6.07) is 57.7. The first-order valence-electron chi connectivity index (χ1n) is 18.6. The normalized spacial score (nSPS) is 13.1. The lowest BCUT2D eigenvalue weighted by Crippen LogP contribution is -2.14. The smallest absolute Gasteiger partial charge is 0.166 e. The molecule has 0 radical (unpaired) electrons. The Morgan fingerprint density at radius 2 is 1.11 bits per heavy atom. The van der Waals surface area contributed by atoms with Gasteiger partial charge in [0.1, 0.15) is 5.01 Å². The minimum absolute atomic E-state index is 0.111. The van der Waals surface area contributed by atoms with Crippen molar-refractivity contribution in [3.63, 3.8) is 0 Å². The molecular weight excluding hydrogens is 691 g/mol. The van der Waals surface area contributed by atoms with E-state index < -0.39 is 0 Å². The van der Waals surface area contributed by atoms with Gasteiger partial charge in [0.15, 0.2) is 17.5 Å². The monoisotopic (exact) mass is 723 g/mol. The standard InChI is InChI=1S/C49H33N5S/c1-49(2)38-21-11-9-19-33(38)35-29-43-36(28-39(35)49)34-20-10-13-23-41(34)54(43)42-26-25-32(48-50-40-22-12-14-24-44(40)55-48)27-37(42)47-52-45(30-15-5-3-6-16-30)51-46(53-47)31-17-7-4-8-18-31/h3-29H,1-2H3. The summed E-state index contributed by atoms with van der Waals surface area (Å²) in [6.07, 6.45) is 0. The number of rotatable bonds is 5. The highest BCUT2D eigenvalue weighted by Gasteiger charge is 2.36. The van der Waals surface area contributed by atoms with Gasteiger partial charge in [0.2, 0.25) is 0 Å². The van der Waals surface area contributed by atoms with Crippen LogP contribution in [0.1, 0.15) is 25.0 Å². The Kier molecular flexibility index (Phi) is 7.00. The quantitative estimate of drug-likeness (QED) is 0.177. The second kappa shape index (κ2) is 12.1. The van der Waals surface area contributed by atoms with Gasteiger partial charge in [0, 0.05) is 38.4 Å². The first-order valence-corrected chi connectivity index (χ1v) is 19.4. The highest BCUT2D eigenvalue weighted by molar-refractivity contribution is 7.21. The van der Waals surface area contributed by atoms with Crippen molar-refractivity contribution in [2.24, 2.45) is 0 Å². The van der Waals surface area contributed by atoms with E-state index in [0.29, 0.717) is 17.5 Å². The molecule has 0 N–H and O–H groups in total. The number of nitrogens with zero attached hydrogens (tertiary/aromatic N) is 5. The van der Waals surface area contributed by atoms with Crippen LogP contribution in [0, 0.1) is 0 Å². The minimum atomic E-state index is -0.111. The van der Waals surface area contributed by atoms with E-state index in [1.807, 2.05) is 42.5 Å². The molecule has 0 unspecified atom stereocenters. The van der Waals surface area contributed by atoms with Crippen molar-refractivity contribution in [2.45, 2.75) is 19.3 Å². The Labute approximate surface area is 322 Å². The van der Waals surface area contributed by atoms with Crippen LogP contribution in [-0.2, 0) is 5.41 Å². The summed E-state index contributed by atoms with van der Waals surface area (Å²) in [5.74, 6) is 1.85. The van der Waals surface area contributed by atoms with Gasteiger partial charge in [0.25, 0.3) is 0 Å². The number of para-hydroxylation sites is 2. The summed E-state index contributed by atoms with van der Waals surface area (Å²) in [5.41, 5.74) is 13.2. The van der Waals surface area contributed by atoms with Gasteiger partial charge in [-0.25, -0.2) is 19.9 Å². The van der Waals surface area contributed by atoms with E-state index in [0.717, 1.165) is 54.2 Å². The molecule has 0 aliphatic heterocycles. The summed E-state index contributed by atoms with van der Waals surface area (Å²) < 4.78 is 3.56. The van der Waals surface area contributed by atoms with E-state index in [1.165, 1.54) is 33.0 Å². The summed E-state index contributed by atoms with van der Waals surface area (Å²) in [7, 11) is 0. The number of fused-ring (bicyclic) bond motifs is 7. The van der Waals surface area contributed by atoms with Crippen molar-refractivity contribution in [3.05, 3.63) is 175 Å². The zero-order chi connectivity index (χ0) is 36.7. The number of aromatic nitrogens is 5. The lowest BCUT2D eigenvalue weighted by molar-refractivity contribution is 0.661. The average molecular weight is 724 g/mol. The predicted octanol–water partition coefficient (Wildman–Crippen LogP) is 12.6. The Balaban J connectivity index is 1.23. The topological polar surface area (TPSA) is 56.5 Å². The molecule has 0 saturated heterocycles. The second-order valence-corrected chi connectivity index (χ2v) is 15.7. The molecule has 6 heteroatoms. The fourth-order valence-electron chi connectivity index (χ4n) is 8.39. The van der Waals surface area contributed by atoms with Gasteiger partial charge >= 0.3 is 0 Å². The van der Waals surface area contributed by atoms with Crippen LogP contribution < -0.4 is 0 Å². The van der Waals surface area contributed by atoms with E-state index in [4.69, 9.17) is 19.9 Å². The van der Waals surface area contributed by atoms with Crippen molar-refractivity contribution in [3.8, 4) is 61.5 Å². The Morgan fingerprint density at radius 3 is 1.87 bits per heavy atom. The number of benzene rings is 7. The maximum Gasteiger partial charge on any atom is 0.166 e. The molecule has 1 aliphatic rings. The zero-order valence-corrected chi connectivity index (χ0v) is 31.0.